The molecule has 8 heteroatoms. The summed E-state index contributed by atoms with van der Waals surface area (Å²) < 4.78 is 0. The van der Waals surface area contributed by atoms with Crippen LogP contribution in [0.4, 0.5) is 0 Å². The highest BCUT2D eigenvalue weighted by molar-refractivity contribution is 6.30. The highest BCUT2D eigenvalue weighted by Gasteiger charge is 2.36. The van der Waals surface area contributed by atoms with Crippen molar-refractivity contribution in [2.24, 2.45) is 16.5 Å². The van der Waals surface area contributed by atoms with E-state index in [2.05, 4.69) is 83.3 Å². The van der Waals surface area contributed by atoms with Gasteiger partial charge in [0.15, 0.2) is 5.96 Å². The summed E-state index contributed by atoms with van der Waals surface area (Å²) in [5, 5.41) is 6.77. The van der Waals surface area contributed by atoms with Gasteiger partial charge in [0.05, 0.1) is 6.04 Å². The molecular formula is C33H45ClN6O. The van der Waals surface area contributed by atoms with Crippen molar-refractivity contribution in [3.8, 4) is 0 Å². The lowest BCUT2D eigenvalue weighted by Gasteiger charge is -2.46. The average Bonchev–Trinajstić information content (AvgIpc) is 2.95. The normalized spacial score (nSPS) is 18.5. The van der Waals surface area contributed by atoms with Gasteiger partial charge in [-0.1, -0.05) is 80.0 Å². The van der Waals surface area contributed by atoms with E-state index in [1.807, 2.05) is 24.3 Å². The standard InChI is InChI=1S/C33H45ClN6O/c1-23(2)38-31(20-25-11-14-29(34)15-12-25)32(41)40-21-24(3)39(22-30(40)9-6-17-37-33(35)36)18-16-26-10-13-27-7-4-5-8-28(27)19-26/h4-5,7-8,10-15,19,23-24,30-31,38H,6,9,16-18,20-22H2,1-3H3,(H4,35,36,37)/t24-,30+,31-/m1/s1. The predicted molar refractivity (Wildman–Crippen MR) is 171 cm³/mol. The van der Waals surface area contributed by atoms with Gasteiger partial charge >= 0.3 is 0 Å². The van der Waals surface area contributed by atoms with Crippen LogP contribution in [0.3, 0.4) is 0 Å². The second-order valence-electron chi connectivity index (χ2n) is 11.6. The lowest BCUT2D eigenvalue weighted by atomic mass is 9.98. The topological polar surface area (TPSA) is 100.0 Å². The Balaban J connectivity index is 1.48. The van der Waals surface area contributed by atoms with Crippen molar-refractivity contribution in [1.29, 1.82) is 0 Å². The van der Waals surface area contributed by atoms with Crippen LogP contribution in [0.25, 0.3) is 10.8 Å². The van der Waals surface area contributed by atoms with Crippen molar-refractivity contribution in [2.75, 3.05) is 26.2 Å². The van der Waals surface area contributed by atoms with E-state index in [1.165, 1.54) is 16.3 Å². The summed E-state index contributed by atoms with van der Waals surface area (Å²) >= 11 is 6.12. The van der Waals surface area contributed by atoms with Crippen LogP contribution in [0, 0.1) is 0 Å². The Morgan fingerprint density at radius 3 is 2.44 bits per heavy atom. The van der Waals surface area contributed by atoms with Crippen LogP contribution in [0.1, 0.15) is 44.7 Å². The smallest absolute Gasteiger partial charge is 0.240 e. The lowest BCUT2D eigenvalue weighted by molar-refractivity contribution is -0.140. The molecule has 0 bridgehead atoms. The number of hydrogen-bond donors (Lipinski definition) is 3. The third-order valence-corrected chi connectivity index (χ3v) is 8.18. The van der Waals surface area contributed by atoms with Crippen molar-refractivity contribution in [1.82, 2.24) is 15.1 Å². The van der Waals surface area contributed by atoms with Gasteiger partial charge in [-0.05, 0) is 66.6 Å². The number of hydrogen-bond acceptors (Lipinski definition) is 4. The minimum atomic E-state index is -0.312. The van der Waals surface area contributed by atoms with E-state index in [0.29, 0.717) is 24.5 Å². The van der Waals surface area contributed by atoms with Crippen molar-refractivity contribution >= 4 is 34.2 Å². The molecule has 220 valence electrons. The second kappa shape index (κ2) is 14.7. The summed E-state index contributed by atoms with van der Waals surface area (Å²) in [5.41, 5.74) is 13.6. The van der Waals surface area contributed by atoms with Crippen LogP contribution in [0.15, 0.2) is 71.7 Å². The van der Waals surface area contributed by atoms with Gasteiger partial charge in [0, 0.05) is 49.3 Å². The fourth-order valence-corrected chi connectivity index (χ4v) is 5.93. The van der Waals surface area contributed by atoms with Gasteiger partial charge in [0.1, 0.15) is 0 Å². The molecule has 4 rings (SSSR count). The highest BCUT2D eigenvalue weighted by Crippen LogP contribution is 2.23. The van der Waals surface area contributed by atoms with Crippen molar-refractivity contribution in [3.05, 3.63) is 82.9 Å². The zero-order valence-electron chi connectivity index (χ0n) is 24.6. The number of guanidine groups is 1. The summed E-state index contributed by atoms with van der Waals surface area (Å²) in [6.45, 7) is 9.44. The monoisotopic (exact) mass is 576 g/mol. The fourth-order valence-electron chi connectivity index (χ4n) is 5.81. The molecule has 1 heterocycles. The van der Waals surface area contributed by atoms with Crippen LogP contribution < -0.4 is 16.8 Å². The Kier molecular flexibility index (Phi) is 11.0. The second-order valence-corrected chi connectivity index (χ2v) is 12.0. The SMILES string of the molecule is CC(C)N[C@H](Cc1ccc(Cl)cc1)C(=O)N1C[C@@H](C)N(CCc2ccc3ccccc3c2)C[C@@H]1CCCN=C(N)N. The lowest BCUT2D eigenvalue weighted by Crippen LogP contribution is -2.62. The Hall–Kier alpha value is -3.13. The molecule has 0 unspecified atom stereocenters. The molecule has 7 nitrogen and oxygen atoms in total. The fraction of sp³-hybridized carbons (Fsp3) is 0.455. The van der Waals surface area contributed by atoms with Crippen molar-refractivity contribution in [2.45, 2.75) is 70.6 Å². The third-order valence-electron chi connectivity index (χ3n) is 7.93. The molecule has 0 spiro atoms. The minimum absolute atomic E-state index is 0.0891. The number of benzene rings is 3. The molecule has 0 aliphatic carbocycles. The number of nitrogens with one attached hydrogen (secondary N) is 1. The summed E-state index contributed by atoms with van der Waals surface area (Å²) in [6.07, 6.45) is 3.25. The Bertz CT molecular complexity index is 1310. The quantitative estimate of drug-likeness (QED) is 0.166. The number of halogens is 1. The van der Waals surface area contributed by atoms with E-state index in [1.54, 1.807) is 0 Å². The van der Waals surface area contributed by atoms with Crippen LogP contribution in [0.2, 0.25) is 5.02 Å². The predicted octanol–water partition coefficient (Wildman–Crippen LogP) is 4.60. The van der Waals surface area contributed by atoms with E-state index in [0.717, 1.165) is 37.9 Å². The molecule has 0 saturated carbocycles. The number of nitrogens with zero attached hydrogens (tertiary/aromatic N) is 3. The molecule has 0 aromatic heterocycles. The Labute approximate surface area is 249 Å². The molecular weight excluding hydrogens is 532 g/mol. The van der Waals surface area contributed by atoms with E-state index in [4.69, 9.17) is 23.1 Å². The number of fused-ring (bicyclic) bond motifs is 1. The molecule has 0 radical (unpaired) electrons. The van der Waals surface area contributed by atoms with E-state index in [-0.39, 0.29) is 36.0 Å². The van der Waals surface area contributed by atoms with Crippen LogP contribution >= 0.6 is 11.6 Å². The van der Waals surface area contributed by atoms with Gasteiger partial charge in [-0.3, -0.25) is 14.7 Å². The molecule has 41 heavy (non-hydrogen) atoms. The van der Waals surface area contributed by atoms with Gasteiger partial charge in [-0.25, -0.2) is 0 Å². The summed E-state index contributed by atoms with van der Waals surface area (Å²) in [6, 6.07) is 23.2. The first-order valence-corrected chi connectivity index (χ1v) is 15.2. The highest BCUT2D eigenvalue weighted by atomic mass is 35.5. The Morgan fingerprint density at radius 1 is 1.02 bits per heavy atom. The van der Waals surface area contributed by atoms with Gasteiger partial charge in [0.25, 0.3) is 0 Å². The van der Waals surface area contributed by atoms with Gasteiger partial charge < -0.3 is 21.7 Å². The van der Waals surface area contributed by atoms with Crippen LogP contribution in [-0.4, -0.2) is 72.0 Å². The first-order chi connectivity index (χ1) is 19.7. The maximum absolute atomic E-state index is 14.2. The van der Waals surface area contributed by atoms with Crippen molar-refractivity contribution < 1.29 is 4.79 Å². The zero-order chi connectivity index (χ0) is 29.4. The number of carbonyl (C=O) groups excluding carboxylic acids is 1. The number of aliphatic imine (C=N–C) groups is 1. The molecule has 1 aliphatic heterocycles. The molecule has 1 aliphatic rings. The summed E-state index contributed by atoms with van der Waals surface area (Å²) in [5.74, 6) is 0.262. The summed E-state index contributed by atoms with van der Waals surface area (Å²) in [4.78, 5) is 23.0. The van der Waals surface area contributed by atoms with Crippen LogP contribution in [0.5, 0.6) is 0 Å². The summed E-state index contributed by atoms with van der Waals surface area (Å²) in [7, 11) is 0. The van der Waals surface area contributed by atoms with Gasteiger partial charge in [0.2, 0.25) is 5.91 Å². The molecule has 1 fully saturated rings. The number of nitrogens with two attached hydrogens (primary N) is 2. The van der Waals surface area contributed by atoms with E-state index < -0.39 is 0 Å². The maximum Gasteiger partial charge on any atom is 0.240 e. The Morgan fingerprint density at radius 2 is 1.73 bits per heavy atom. The number of piperazine rings is 1. The number of carbonyl (C=O) groups is 1. The largest absolute Gasteiger partial charge is 0.370 e. The first kappa shape index (κ1) is 30.8. The van der Waals surface area contributed by atoms with Gasteiger partial charge in [-0.2, -0.15) is 0 Å². The molecule has 5 N–H and O–H groups in total. The van der Waals surface area contributed by atoms with Crippen LogP contribution in [-0.2, 0) is 17.6 Å². The number of amides is 1. The van der Waals surface area contributed by atoms with Crippen molar-refractivity contribution in [3.63, 3.8) is 0 Å². The zero-order valence-corrected chi connectivity index (χ0v) is 25.4. The molecule has 3 aromatic rings. The molecule has 3 aromatic carbocycles. The molecule has 1 saturated heterocycles. The average molecular weight is 577 g/mol. The van der Waals surface area contributed by atoms with E-state index in [9.17, 15) is 4.79 Å². The first-order valence-electron chi connectivity index (χ1n) is 14.8. The van der Waals surface area contributed by atoms with E-state index >= 15 is 0 Å². The molecule has 1 amide bonds. The third kappa shape index (κ3) is 8.93. The van der Waals surface area contributed by atoms with Gasteiger partial charge in [-0.15, -0.1) is 0 Å². The minimum Gasteiger partial charge on any atom is -0.370 e. The number of rotatable bonds is 12. The maximum atomic E-state index is 14.2. The molecule has 3 atom stereocenters.